The Morgan fingerprint density at radius 1 is 1.15 bits per heavy atom. The van der Waals surface area contributed by atoms with Crippen LogP contribution in [0, 0.1) is 11.3 Å². The number of halogens is 2. The second-order valence-corrected chi connectivity index (χ2v) is 9.04. The number of rotatable bonds is 4. The minimum atomic E-state index is -0.475. The second-order valence-electron chi connectivity index (χ2n) is 8.26. The average Bonchev–Trinajstić information content (AvgIpc) is 3.29. The van der Waals surface area contributed by atoms with E-state index in [4.69, 9.17) is 33.7 Å². The highest BCUT2D eigenvalue weighted by atomic mass is 35.5. The van der Waals surface area contributed by atoms with Crippen molar-refractivity contribution in [2.24, 2.45) is 5.73 Å². The fourth-order valence-corrected chi connectivity index (χ4v) is 4.74. The number of benzene rings is 2. The summed E-state index contributed by atoms with van der Waals surface area (Å²) in [6.07, 6.45) is 1.41. The van der Waals surface area contributed by atoms with Gasteiger partial charge in [0.15, 0.2) is 11.3 Å². The van der Waals surface area contributed by atoms with Crippen molar-refractivity contribution in [3.8, 4) is 23.1 Å². The van der Waals surface area contributed by atoms with Gasteiger partial charge in [0.05, 0.1) is 22.5 Å². The predicted molar refractivity (Wildman–Crippen MR) is 132 cm³/mol. The molecule has 3 heterocycles. The molecule has 2 aromatic heterocycles. The summed E-state index contributed by atoms with van der Waals surface area (Å²) in [6.45, 7) is 1.29. The maximum atomic E-state index is 9.86. The van der Waals surface area contributed by atoms with Crippen LogP contribution in [0.25, 0.3) is 22.3 Å². The van der Waals surface area contributed by atoms with E-state index < -0.39 is 5.54 Å². The normalized spacial score (nSPS) is 15.3. The summed E-state index contributed by atoms with van der Waals surface area (Å²) in [6, 6.07) is 15.3. The van der Waals surface area contributed by atoms with E-state index in [2.05, 4.69) is 26.2 Å². The number of ether oxygens (including phenoxy) is 1. The summed E-state index contributed by atoms with van der Waals surface area (Å²) in [4.78, 5) is 11.3. The average molecular weight is 494 g/mol. The van der Waals surface area contributed by atoms with Crippen molar-refractivity contribution >= 4 is 40.2 Å². The zero-order valence-electron chi connectivity index (χ0n) is 18.3. The molecule has 0 amide bonds. The number of nitrogens with one attached hydrogen (secondary N) is 1. The van der Waals surface area contributed by atoms with Gasteiger partial charge in [-0.25, -0.2) is 4.98 Å². The van der Waals surface area contributed by atoms with Crippen molar-refractivity contribution in [1.29, 1.82) is 5.26 Å². The molecule has 4 aromatic rings. The van der Waals surface area contributed by atoms with E-state index in [-0.39, 0.29) is 5.69 Å². The molecule has 5 rings (SSSR count). The number of fused-ring (bicyclic) bond motifs is 1. The van der Waals surface area contributed by atoms with Crippen LogP contribution in [0.3, 0.4) is 0 Å². The van der Waals surface area contributed by atoms with Crippen LogP contribution in [-0.4, -0.2) is 40.4 Å². The predicted octanol–water partition coefficient (Wildman–Crippen LogP) is 4.66. The molecule has 0 radical (unpaired) electrons. The number of nitriles is 1. The Balaban J connectivity index is 1.46. The highest BCUT2D eigenvalue weighted by Gasteiger charge is 2.34. The van der Waals surface area contributed by atoms with Crippen molar-refractivity contribution in [2.45, 2.75) is 18.4 Å². The van der Waals surface area contributed by atoms with Gasteiger partial charge in [0.1, 0.15) is 17.5 Å². The molecule has 0 atom stereocenters. The van der Waals surface area contributed by atoms with Crippen LogP contribution >= 0.6 is 23.2 Å². The monoisotopic (exact) mass is 493 g/mol. The zero-order chi connectivity index (χ0) is 23.9. The SMILES string of the molecule is COc1cccc(C2(N)CCN(c3nc(C#N)c4c(-c5cccc(Cl)c5Cl)n[nH]c4n3)CC2)c1. The lowest BCUT2D eigenvalue weighted by molar-refractivity contribution is 0.338. The molecule has 1 fully saturated rings. The minimum absolute atomic E-state index is 0.220. The van der Waals surface area contributed by atoms with Gasteiger partial charge in [-0.1, -0.05) is 47.5 Å². The lowest BCUT2D eigenvalue weighted by Crippen LogP contribution is -2.48. The standard InChI is InChI=1S/C24H21Cl2N7O/c1-34-15-5-2-4-14(12-15)24(28)8-10-33(11-9-24)23-29-18(13-27)19-21(31-32-22(19)30-23)16-6-3-7-17(25)20(16)26/h2-7,12H,8-11,28H2,1H3,(H,29,30,31,32). The molecule has 34 heavy (non-hydrogen) atoms. The number of nitrogens with zero attached hydrogens (tertiary/aromatic N) is 5. The maximum Gasteiger partial charge on any atom is 0.228 e. The van der Waals surface area contributed by atoms with Crippen molar-refractivity contribution in [1.82, 2.24) is 20.2 Å². The lowest BCUT2D eigenvalue weighted by Gasteiger charge is -2.39. The molecule has 1 aliphatic heterocycles. The summed E-state index contributed by atoms with van der Waals surface area (Å²) < 4.78 is 5.35. The van der Waals surface area contributed by atoms with E-state index >= 15 is 0 Å². The Labute approximate surface area is 206 Å². The van der Waals surface area contributed by atoms with Crippen LogP contribution in [0.15, 0.2) is 42.5 Å². The van der Waals surface area contributed by atoms with E-state index in [0.29, 0.717) is 64.2 Å². The van der Waals surface area contributed by atoms with Gasteiger partial charge in [-0.3, -0.25) is 5.10 Å². The molecule has 3 N–H and O–H groups in total. The molecule has 1 saturated heterocycles. The largest absolute Gasteiger partial charge is 0.497 e. The lowest BCUT2D eigenvalue weighted by atomic mass is 9.82. The molecule has 0 spiro atoms. The Bertz CT molecular complexity index is 1420. The number of hydrogen-bond donors (Lipinski definition) is 2. The van der Waals surface area contributed by atoms with E-state index in [9.17, 15) is 5.26 Å². The van der Waals surface area contributed by atoms with Gasteiger partial charge < -0.3 is 15.4 Å². The van der Waals surface area contributed by atoms with Crippen LogP contribution in [0.5, 0.6) is 5.75 Å². The molecule has 0 saturated carbocycles. The van der Waals surface area contributed by atoms with Gasteiger partial charge >= 0.3 is 0 Å². The number of methoxy groups -OCH3 is 1. The fraction of sp³-hybridized carbons (Fsp3) is 0.250. The summed E-state index contributed by atoms with van der Waals surface area (Å²) in [7, 11) is 1.65. The molecule has 1 aliphatic rings. The van der Waals surface area contributed by atoms with E-state index in [0.717, 1.165) is 11.3 Å². The maximum absolute atomic E-state index is 9.86. The molecule has 0 unspecified atom stereocenters. The first-order valence-corrected chi connectivity index (χ1v) is 11.5. The molecule has 8 nitrogen and oxygen atoms in total. The van der Waals surface area contributed by atoms with Gasteiger partial charge in [-0.05, 0) is 36.6 Å². The van der Waals surface area contributed by atoms with Crippen LogP contribution in [0.2, 0.25) is 10.0 Å². The third kappa shape index (κ3) is 3.82. The molecule has 10 heteroatoms. The Morgan fingerprint density at radius 2 is 1.91 bits per heavy atom. The molecule has 0 aliphatic carbocycles. The van der Waals surface area contributed by atoms with Crippen molar-refractivity contribution in [3.05, 3.63) is 63.8 Å². The van der Waals surface area contributed by atoms with E-state index in [1.165, 1.54) is 0 Å². The third-order valence-corrected chi connectivity index (χ3v) is 7.12. The second kappa shape index (κ2) is 8.76. The molecular formula is C24H21Cl2N7O. The minimum Gasteiger partial charge on any atom is -0.497 e. The fourth-order valence-electron chi connectivity index (χ4n) is 4.35. The van der Waals surface area contributed by atoms with Crippen molar-refractivity contribution in [3.63, 3.8) is 0 Å². The quantitative estimate of drug-likeness (QED) is 0.424. The number of aromatic amines is 1. The summed E-state index contributed by atoms with van der Waals surface area (Å²) in [5.41, 5.74) is 9.12. The van der Waals surface area contributed by atoms with Gasteiger partial charge in [0.2, 0.25) is 5.95 Å². The molecule has 2 aromatic carbocycles. The number of nitrogens with two attached hydrogens (primary N) is 1. The highest BCUT2D eigenvalue weighted by Crippen LogP contribution is 2.37. The Morgan fingerprint density at radius 3 is 2.65 bits per heavy atom. The highest BCUT2D eigenvalue weighted by molar-refractivity contribution is 6.43. The summed E-state index contributed by atoms with van der Waals surface area (Å²) in [5.74, 6) is 1.25. The van der Waals surface area contributed by atoms with Crippen molar-refractivity contribution < 1.29 is 4.74 Å². The summed E-state index contributed by atoms with van der Waals surface area (Å²) >= 11 is 12.6. The van der Waals surface area contributed by atoms with Gasteiger partial charge in [0.25, 0.3) is 0 Å². The third-order valence-electron chi connectivity index (χ3n) is 6.30. The van der Waals surface area contributed by atoms with E-state index in [1.54, 1.807) is 25.3 Å². The molecule has 172 valence electrons. The van der Waals surface area contributed by atoms with Crippen molar-refractivity contribution in [2.75, 3.05) is 25.1 Å². The number of H-pyrrole nitrogens is 1. The van der Waals surface area contributed by atoms with Gasteiger partial charge in [-0.15, -0.1) is 0 Å². The Kier molecular flexibility index (Phi) is 5.78. The van der Waals surface area contributed by atoms with Crippen LogP contribution < -0.4 is 15.4 Å². The Hall–Kier alpha value is -3.38. The topological polar surface area (TPSA) is 117 Å². The molecule has 0 bridgehead atoms. The summed E-state index contributed by atoms with van der Waals surface area (Å²) in [5, 5.41) is 18.4. The first kappa shape index (κ1) is 22.4. The smallest absolute Gasteiger partial charge is 0.228 e. The first-order valence-electron chi connectivity index (χ1n) is 10.7. The zero-order valence-corrected chi connectivity index (χ0v) is 19.9. The number of aromatic nitrogens is 4. The van der Waals surface area contributed by atoms with Gasteiger partial charge in [0, 0.05) is 24.2 Å². The number of piperidine rings is 1. The number of anilines is 1. The molecular weight excluding hydrogens is 473 g/mol. The first-order chi connectivity index (χ1) is 16.4. The van der Waals surface area contributed by atoms with Crippen LogP contribution in [0.1, 0.15) is 24.1 Å². The van der Waals surface area contributed by atoms with Crippen LogP contribution in [0.4, 0.5) is 5.95 Å². The number of hydrogen-bond acceptors (Lipinski definition) is 7. The van der Waals surface area contributed by atoms with E-state index in [1.807, 2.05) is 29.2 Å². The van der Waals surface area contributed by atoms with Crippen LogP contribution in [-0.2, 0) is 5.54 Å². The van der Waals surface area contributed by atoms with Gasteiger partial charge in [-0.2, -0.15) is 15.3 Å².